The molecule has 0 aliphatic heterocycles. The van der Waals surface area contributed by atoms with E-state index >= 15 is 0 Å². The molecule has 0 spiro atoms. The Kier molecular flexibility index (Phi) is 6.35. The van der Waals surface area contributed by atoms with E-state index in [1.807, 2.05) is 39.8 Å². The molecule has 0 saturated carbocycles. The van der Waals surface area contributed by atoms with Gasteiger partial charge in [0.05, 0.1) is 17.9 Å². The minimum absolute atomic E-state index is 0.0996. The average molecular weight is 368 g/mol. The highest BCUT2D eigenvalue weighted by atomic mass is 16.5. The fraction of sp³-hybridized carbons (Fsp3) is 0.400. The van der Waals surface area contributed by atoms with Crippen molar-refractivity contribution in [2.75, 3.05) is 6.61 Å². The van der Waals surface area contributed by atoms with Gasteiger partial charge < -0.3 is 15.2 Å². The van der Waals surface area contributed by atoms with E-state index in [-0.39, 0.29) is 5.92 Å². The highest BCUT2D eigenvalue weighted by Crippen LogP contribution is 2.26. The van der Waals surface area contributed by atoms with E-state index in [2.05, 4.69) is 21.4 Å². The number of amides is 1. The lowest BCUT2D eigenvalue weighted by molar-refractivity contribution is 0.169. The van der Waals surface area contributed by atoms with Crippen LogP contribution in [0.25, 0.3) is 11.3 Å². The minimum atomic E-state index is -1.05. The van der Waals surface area contributed by atoms with Crippen molar-refractivity contribution in [1.29, 1.82) is 5.26 Å². The lowest BCUT2D eigenvalue weighted by atomic mass is 9.92. The molecular weight excluding hydrogens is 344 g/mol. The Morgan fingerprint density at radius 1 is 1.37 bits per heavy atom. The SMILES string of the molecule is Cc1cc(-c2ccc(OC[C@@H](C)CC(C)(C)NC(=O)O)c(C#N)c2)ncn1. The standard InChI is InChI=1S/C20H24N4O3/c1-13(9-20(3,4)24-19(25)26)11-27-18-6-5-15(8-16(18)10-21)17-7-14(2)22-12-23-17/h5-8,12-13,24H,9,11H2,1-4H3,(H,25,26)/t13-/m0/s1. The van der Waals surface area contributed by atoms with Gasteiger partial charge in [0.2, 0.25) is 0 Å². The zero-order valence-corrected chi connectivity index (χ0v) is 16.0. The summed E-state index contributed by atoms with van der Waals surface area (Å²) >= 11 is 0. The minimum Gasteiger partial charge on any atom is -0.492 e. The number of benzene rings is 1. The Hall–Kier alpha value is -3.14. The van der Waals surface area contributed by atoms with Crippen LogP contribution in [0.1, 0.15) is 38.4 Å². The first kappa shape index (κ1) is 20.2. The van der Waals surface area contributed by atoms with E-state index in [9.17, 15) is 10.1 Å². The number of carboxylic acid groups (broad SMARTS) is 1. The summed E-state index contributed by atoms with van der Waals surface area (Å²) in [5.41, 5.74) is 2.30. The van der Waals surface area contributed by atoms with Gasteiger partial charge in [-0.25, -0.2) is 14.8 Å². The second-order valence-electron chi connectivity index (χ2n) is 7.30. The third-order valence-electron chi connectivity index (χ3n) is 4.03. The first-order chi connectivity index (χ1) is 12.7. The van der Waals surface area contributed by atoms with Crippen LogP contribution in [0.5, 0.6) is 5.75 Å². The second kappa shape index (κ2) is 8.49. The van der Waals surface area contributed by atoms with Gasteiger partial charge in [-0.1, -0.05) is 6.92 Å². The van der Waals surface area contributed by atoms with Crippen molar-refractivity contribution in [2.24, 2.45) is 5.92 Å². The smallest absolute Gasteiger partial charge is 0.405 e. The molecule has 7 heteroatoms. The monoisotopic (exact) mass is 368 g/mol. The van der Waals surface area contributed by atoms with Crippen molar-refractivity contribution in [2.45, 2.75) is 39.7 Å². The van der Waals surface area contributed by atoms with Crippen LogP contribution in [0.2, 0.25) is 0 Å². The van der Waals surface area contributed by atoms with E-state index in [1.165, 1.54) is 6.33 Å². The number of nitrogens with one attached hydrogen (secondary N) is 1. The van der Waals surface area contributed by atoms with Crippen molar-refractivity contribution in [3.63, 3.8) is 0 Å². The molecule has 1 amide bonds. The van der Waals surface area contributed by atoms with Gasteiger partial charge in [-0.2, -0.15) is 5.26 Å². The van der Waals surface area contributed by atoms with Crippen LogP contribution < -0.4 is 10.1 Å². The summed E-state index contributed by atoms with van der Waals surface area (Å²) in [4.78, 5) is 19.2. The normalized spacial score (nSPS) is 12.1. The predicted octanol–water partition coefficient (Wildman–Crippen LogP) is 3.77. The molecule has 2 rings (SSSR count). The Balaban J connectivity index is 2.07. The molecule has 0 fully saturated rings. The van der Waals surface area contributed by atoms with Gasteiger partial charge in [0.15, 0.2) is 0 Å². The molecule has 27 heavy (non-hydrogen) atoms. The lowest BCUT2D eigenvalue weighted by Crippen LogP contribution is -2.44. The maximum absolute atomic E-state index is 10.8. The summed E-state index contributed by atoms with van der Waals surface area (Å²) in [5.74, 6) is 0.602. The summed E-state index contributed by atoms with van der Waals surface area (Å²) in [5, 5.41) is 20.8. The number of rotatable bonds is 7. The van der Waals surface area contributed by atoms with E-state index in [0.29, 0.717) is 24.3 Å². The number of nitrogens with zero attached hydrogens (tertiary/aromatic N) is 3. The van der Waals surface area contributed by atoms with Gasteiger partial charge in [-0.3, -0.25) is 0 Å². The van der Waals surface area contributed by atoms with Crippen LogP contribution in [0, 0.1) is 24.2 Å². The number of nitriles is 1. The van der Waals surface area contributed by atoms with Crippen LogP contribution in [0.15, 0.2) is 30.6 Å². The van der Waals surface area contributed by atoms with Crippen LogP contribution in [0.3, 0.4) is 0 Å². The Morgan fingerprint density at radius 2 is 2.11 bits per heavy atom. The highest BCUT2D eigenvalue weighted by molar-refractivity contribution is 5.65. The number of aromatic nitrogens is 2. The molecule has 0 aliphatic carbocycles. The quantitative estimate of drug-likeness (QED) is 0.770. The van der Waals surface area contributed by atoms with E-state index < -0.39 is 11.6 Å². The summed E-state index contributed by atoms with van der Waals surface area (Å²) < 4.78 is 5.82. The molecule has 0 bridgehead atoms. The van der Waals surface area contributed by atoms with Crippen molar-refractivity contribution < 1.29 is 14.6 Å². The number of hydrogen-bond acceptors (Lipinski definition) is 5. The molecule has 1 aromatic carbocycles. The highest BCUT2D eigenvalue weighted by Gasteiger charge is 2.23. The maximum atomic E-state index is 10.8. The first-order valence-corrected chi connectivity index (χ1v) is 8.67. The molecule has 1 aromatic heterocycles. The van der Waals surface area contributed by atoms with Gasteiger partial charge >= 0.3 is 6.09 Å². The molecule has 0 aliphatic rings. The Labute approximate surface area is 159 Å². The second-order valence-corrected chi connectivity index (χ2v) is 7.30. The predicted molar refractivity (Wildman–Crippen MR) is 101 cm³/mol. The van der Waals surface area contributed by atoms with Crippen LogP contribution >= 0.6 is 0 Å². The first-order valence-electron chi connectivity index (χ1n) is 8.67. The molecule has 7 nitrogen and oxygen atoms in total. The van der Waals surface area contributed by atoms with E-state index in [4.69, 9.17) is 9.84 Å². The van der Waals surface area contributed by atoms with E-state index in [0.717, 1.165) is 17.0 Å². The molecular formula is C20H24N4O3. The largest absolute Gasteiger partial charge is 0.492 e. The van der Waals surface area contributed by atoms with E-state index in [1.54, 1.807) is 12.1 Å². The third kappa shape index (κ3) is 5.96. The third-order valence-corrected chi connectivity index (χ3v) is 4.03. The molecule has 0 saturated heterocycles. The zero-order chi connectivity index (χ0) is 20.0. The van der Waals surface area contributed by atoms with Crippen molar-refractivity contribution in [3.05, 3.63) is 41.9 Å². The number of hydrogen-bond donors (Lipinski definition) is 2. The van der Waals surface area contributed by atoms with Crippen LogP contribution in [-0.2, 0) is 0 Å². The van der Waals surface area contributed by atoms with Crippen molar-refractivity contribution in [1.82, 2.24) is 15.3 Å². The fourth-order valence-corrected chi connectivity index (χ4v) is 3.02. The van der Waals surface area contributed by atoms with Gasteiger partial charge in [-0.15, -0.1) is 0 Å². The molecule has 1 heterocycles. The fourth-order valence-electron chi connectivity index (χ4n) is 3.02. The number of ether oxygens (including phenoxy) is 1. The molecule has 142 valence electrons. The summed E-state index contributed by atoms with van der Waals surface area (Å²) in [6, 6.07) is 9.39. The number of carbonyl (C=O) groups is 1. The average Bonchev–Trinajstić information content (AvgIpc) is 2.58. The van der Waals surface area contributed by atoms with Crippen molar-refractivity contribution in [3.8, 4) is 23.1 Å². The van der Waals surface area contributed by atoms with Crippen molar-refractivity contribution >= 4 is 6.09 Å². The lowest BCUT2D eigenvalue weighted by Gasteiger charge is -2.28. The summed E-state index contributed by atoms with van der Waals surface area (Å²) in [7, 11) is 0. The topological polar surface area (TPSA) is 108 Å². The summed E-state index contributed by atoms with van der Waals surface area (Å²) in [6.07, 6.45) is 1.06. The van der Waals surface area contributed by atoms with Gasteiger partial charge in [0, 0.05) is 16.8 Å². The number of aryl methyl sites for hydroxylation is 1. The Bertz CT molecular complexity index is 859. The Morgan fingerprint density at radius 3 is 2.74 bits per heavy atom. The maximum Gasteiger partial charge on any atom is 0.405 e. The van der Waals surface area contributed by atoms with Crippen LogP contribution in [-0.4, -0.2) is 33.3 Å². The van der Waals surface area contributed by atoms with Gasteiger partial charge in [0.25, 0.3) is 0 Å². The molecule has 0 unspecified atom stereocenters. The van der Waals surface area contributed by atoms with Gasteiger partial charge in [0.1, 0.15) is 18.1 Å². The van der Waals surface area contributed by atoms with Gasteiger partial charge in [-0.05, 0) is 57.4 Å². The molecule has 1 atom stereocenters. The zero-order valence-electron chi connectivity index (χ0n) is 16.0. The van der Waals surface area contributed by atoms with Crippen LogP contribution in [0.4, 0.5) is 4.79 Å². The summed E-state index contributed by atoms with van der Waals surface area (Å²) in [6.45, 7) is 7.91. The molecule has 2 aromatic rings. The molecule has 0 radical (unpaired) electrons. The molecule has 2 N–H and O–H groups in total.